The molecule has 1 aromatic heterocycles. The Morgan fingerprint density at radius 3 is 2.75 bits per heavy atom. The average Bonchev–Trinajstić information content (AvgIpc) is 2.82. The topological polar surface area (TPSA) is 26.2 Å². The molecule has 20 heavy (non-hydrogen) atoms. The van der Waals surface area contributed by atoms with Crippen LogP contribution in [0.4, 0.5) is 0 Å². The van der Waals surface area contributed by atoms with Gasteiger partial charge in [0.05, 0.1) is 6.61 Å². The third-order valence-electron chi connectivity index (χ3n) is 3.44. The zero-order chi connectivity index (χ0) is 14.2. The maximum absolute atomic E-state index is 5.64. The van der Waals surface area contributed by atoms with E-state index in [1.807, 2.05) is 0 Å². The fourth-order valence-electron chi connectivity index (χ4n) is 2.47. The molecular formula is C17H26N2O. The van der Waals surface area contributed by atoms with E-state index in [0.717, 1.165) is 39.3 Å². The second kappa shape index (κ2) is 8.08. The van der Waals surface area contributed by atoms with Gasteiger partial charge in [0.25, 0.3) is 0 Å². The van der Waals surface area contributed by atoms with E-state index in [0.29, 0.717) is 0 Å². The molecule has 3 heteroatoms. The molecule has 3 nitrogen and oxygen atoms in total. The second-order valence-electron chi connectivity index (χ2n) is 5.14. The maximum atomic E-state index is 5.64. The normalized spacial score (nSPS) is 11.3. The van der Waals surface area contributed by atoms with E-state index in [1.165, 1.54) is 23.0 Å². The predicted octanol–water partition coefficient (Wildman–Crippen LogP) is 3.57. The number of rotatable bonds is 9. The quantitative estimate of drug-likeness (QED) is 0.708. The van der Waals surface area contributed by atoms with E-state index in [2.05, 4.69) is 54.1 Å². The van der Waals surface area contributed by atoms with Crippen molar-refractivity contribution in [2.75, 3.05) is 19.8 Å². The van der Waals surface area contributed by atoms with Gasteiger partial charge in [-0.3, -0.25) is 0 Å². The molecule has 110 valence electrons. The van der Waals surface area contributed by atoms with E-state index in [4.69, 9.17) is 4.74 Å². The molecule has 0 fully saturated rings. The van der Waals surface area contributed by atoms with Gasteiger partial charge in [0.2, 0.25) is 0 Å². The minimum atomic E-state index is 0.785. The zero-order valence-corrected chi connectivity index (χ0v) is 12.7. The van der Waals surface area contributed by atoms with Crippen molar-refractivity contribution in [3.8, 4) is 0 Å². The van der Waals surface area contributed by atoms with Gasteiger partial charge in [-0.1, -0.05) is 32.0 Å². The first-order valence-electron chi connectivity index (χ1n) is 7.72. The van der Waals surface area contributed by atoms with Crippen LogP contribution in [0.3, 0.4) is 0 Å². The van der Waals surface area contributed by atoms with Crippen LogP contribution in [0, 0.1) is 0 Å². The first kappa shape index (κ1) is 15.1. The number of para-hydroxylation sites is 1. The highest BCUT2D eigenvalue weighted by molar-refractivity contribution is 5.81. The van der Waals surface area contributed by atoms with Crippen LogP contribution in [0.1, 0.15) is 32.4 Å². The predicted molar refractivity (Wildman–Crippen MR) is 85.0 cm³/mol. The van der Waals surface area contributed by atoms with Crippen molar-refractivity contribution in [1.29, 1.82) is 0 Å². The standard InChI is InChI=1S/C17H26N2O/c1-3-9-18-14-16-13-15-7-5-6-8-17(15)19(16)10-12-20-11-4-2/h5-8,13,18H,3-4,9-12,14H2,1-2H3. The van der Waals surface area contributed by atoms with Crippen molar-refractivity contribution in [3.63, 3.8) is 0 Å². The number of hydrogen-bond acceptors (Lipinski definition) is 2. The van der Waals surface area contributed by atoms with Gasteiger partial charge in [0.1, 0.15) is 0 Å². The van der Waals surface area contributed by atoms with Gasteiger partial charge in [-0.05, 0) is 36.9 Å². The molecule has 0 aliphatic heterocycles. The lowest BCUT2D eigenvalue weighted by molar-refractivity contribution is 0.127. The molecule has 0 aliphatic rings. The molecular weight excluding hydrogens is 248 g/mol. The molecule has 0 spiro atoms. The molecule has 2 rings (SSSR count). The molecule has 0 atom stereocenters. The molecule has 1 N–H and O–H groups in total. The Morgan fingerprint density at radius 1 is 1.10 bits per heavy atom. The van der Waals surface area contributed by atoms with Gasteiger partial charge in [-0.25, -0.2) is 0 Å². The van der Waals surface area contributed by atoms with Crippen molar-refractivity contribution in [1.82, 2.24) is 9.88 Å². The van der Waals surface area contributed by atoms with E-state index < -0.39 is 0 Å². The van der Waals surface area contributed by atoms with Crippen LogP contribution in [0.25, 0.3) is 10.9 Å². The summed E-state index contributed by atoms with van der Waals surface area (Å²) >= 11 is 0. The minimum absolute atomic E-state index is 0.785. The Balaban J connectivity index is 2.11. The summed E-state index contributed by atoms with van der Waals surface area (Å²) in [5.74, 6) is 0. The summed E-state index contributed by atoms with van der Waals surface area (Å²) in [6, 6.07) is 10.9. The third kappa shape index (κ3) is 3.84. The summed E-state index contributed by atoms with van der Waals surface area (Å²) in [7, 11) is 0. The van der Waals surface area contributed by atoms with Crippen molar-refractivity contribution >= 4 is 10.9 Å². The van der Waals surface area contributed by atoms with Gasteiger partial charge in [0, 0.05) is 30.9 Å². The van der Waals surface area contributed by atoms with E-state index >= 15 is 0 Å². The SMILES string of the molecule is CCCNCc1cc2ccccc2n1CCOCCC. The Labute approximate surface area is 121 Å². The van der Waals surface area contributed by atoms with Crippen LogP contribution in [0.15, 0.2) is 30.3 Å². The summed E-state index contributed by atoms with van der Waals surface area (Å²) in [5, 5.41) is 4.81. The zero-order valence-electron chi connectivity index (χ0n) is 12.7. The molecule has 0 radical (unpaired) electrons. The Morgan fingerprint density at radius 2 is 1.95 bits per heavy atom. The third-order valence-corrected chi connectivity index (χ3v) is 3.44. The van der Waals surface area contributed by atoms with Crippen LogP contribution in [0.5, 0.6) is 0 Å². The fourth-order valence-corrected chi connectivity index (χ4v) is 2.47. The molecule has 0 unspecified atom stereocenters. The lowest BCUT2D eigenvalue weighted by Gasteiger charge is -2.11. The molecule has 0 aliphatic carbocycles. The van der Waals surface area contributed by atoms with Crippen molar-refractivity contribution in [2.24, 2.45) is 0 Å². The highest BCUT2D eigenvalue weighted by Gasteiger charge is 2.07. The molecule has 2 aromatic rings. The number of hydrogen-bond donors (Lipinski definition) is 1. The Kier molecular flexibility index (Phi) is 6.09. The summed E-state index contributed by atoms with van der Waals surface area (Å²) < 4.78 is 8.03. The molecule has 1 aromatic carbocycles. The first-order valence-corrected chi connectivity index (χ1v) is 7.72. The van der Waals surface area contributed by atoms with Gasteiger partial charge >= 0.3 is 0 Å². The van der Waals surface area contributed by atoms with Gasteiger partial charge in [0.15, 0.2) is 0 Å². The highest BCUT2D eigenvalue weighted by atomic mass is 16.5. The van der Waals surface area contributed by atoms with Gasteiger partial charge < -0.3 is 14.6 Å². The number of nitrogens with zero attached hydrogens (tertiary/aromatic N) is 1. The monoisotopic (exact) mass is 274 g/mol. The number of ether oxygens (including phenoxy) is 1. The van der Waals surface area contributed by atoms with Crippen molar-refractivity contribution in [3.05, 3.63) is 36.0 Å². The average molecular weight is 274 g/mol. The molecule has 0 amide bonds. The van der Waals surface area contributed by atoms with Gasteiger partial charge in [-0.2, -0.15) is 0 Å². The maximum Gasteiger partial charge on any atom is 0.0645 e. The van der Waals surface area contributed by atoms with Crippen molar-refractivity contribution in [2.45, 2.75) is 39.8 Å². The number of benzene rings is 1. The fraction of sp³-hybridized carbons (Fsp3) is 0.529. The summed E-state index contributed by atoms with van der Waals surface area (Å²) in [4.78, 5) is 0. The second-order valence-corrected chi connectivity index (χ2v) is 5.14. The Hall–Kier alpha value is -1.32. The van der Waals surface area contributed by atoms with Crippen LogP contribution in [-0.4, -0.2) is 24.3 Å². The Bertz CT molecular complexity index is 519. The van der Waals surface area contributed by atoms with E-state index in [-0.39, 0.29) is 0 Å². The highest BCUT2D eigenvalue weighted by Crippen LogP contribution is 2.19. The van der Waals surface area contributed by atoms with Gasteiger partial charge in [-0.15, -0.1) is 0 Å². The molecule has 1 heterocycles. The molecule has 0 saturated heterocycles. The molecule has 0 bridgehead atoms. The number of fused-ring (bicyclic) bond motifs is 1. The largest absolute Gasteiger partial charge is 0.380 e. The van der Waals surface area contributed by atoms with E-state index in [1.54, 1.807) is 0 Å². The lowest BCUT2D eigenvalue weighted by Crippen LogP contribution is -2.18. The van der Waals surface area contributed by atoms with Crippen LogP contribution >= 0.6 is 0 Å². The summed E-state index contributed by atoms with van der Waals surface area (Å²) in [6.07, 6.45) is 2.25. The van der Waals surface area contributed by atoms with Crippen LogP contribution < -0.4 is 5.32 Å². The first-order chi connectivity index (χ1) is 9.86. The summed E-state index contributed by atoms with van der Waals surface area (Å²) in [6.45, 7) is 8.89. The van der Waals surface area contributed by atoms with Crippen LogP contribution in [0.2, 0.25) is 0 Å². The molecule has 0 saturated carbocycles. The lowest BCUT2D eigenvalue weighted by atomic mass is 10.2. The summed E-state index contributed by atoms with van der Waals surface area (Å²) in [5.41, 5.74) is 2.65. The minimum Gasteiger partial charge on any atom is -0.380 e. The van der Waals surface area contributed by atoms with Crippen molar-refractivity contribution < 1.29 is 4.74 Å². The van der Waals surface area contributed by atoms with E-state index in [9.17, 15) is 0 Å². The van der Waals surface area contributed by atoms with Crippen LogP contribution in [-0.2, 0) is 17.8 Å². The number of aromatic nitrogens is 1. The smallest absolute Gasteiger partial charge is 0.0645 e. The number of nitrogens with one attached hydrogen (secondary N) is 1.